The first-order valence-corrected chi connectivity index (χ1v) is 6.84. The molecule has 18 heavy (non-hydrogen) atoms. The summed E-state index contributed by atoms with van der Waals surface area (Å²) in [5.74, 6) is 1.61. The van der Waals surface area contributed by atoms with Crippen LogP contribution in [-0.4, -0.2) is 34.5 Å². The first-order chi connectivity index (χ1) is 8.45. The predicted octanol–water partition coefficient (Wildman–Crippen LogP) is 1.52. The molecule has 0 radical (unpaired) electrons. The number of piperazine rings is 1. The second-order valence-corrected chi connectivity index (χ2v) is 5.60. The number of rotatable bonds is 2. The van der Waals surface area contributed by atoms with Gasteiger partial charge in [-0.15, -0.1) is 0 Å². The molecule has 0 spiro atoms. The Morgan fingerprint density at radius 3 is 2.89 bits per heavy atom. The molecule has 1 saturated heterocycles. The zero-order valence-electron chi connectivity index (χ0n) is 10.8. The van der Waals surface area contributed by atoms with Crippen LogP contribution in [0.2, 0.25) is 0 Å². The van der Waals surface area contributed by atoms with Crippen molar-refractivity contribution in [3.63, 3.8) is 0 Å². The lowest BCUT2D eigenvalue weighted by Crippen LogP contribution is -2.62. The largest absolute Gasteiger partial charge is 0.352 e. The van der Waals surface area contributed by atoms with Crippen LogP contribution in [0, 0.1) is 0 Å². The first kappa shape index (κ1) is 13.3. The van der Waals surface area contributed by atoms with Gasteiger partial charge in [-0.2, -0.15) is 0 Å². The quantitative estimate of drug-likeness (QED) is 0.841. The van der Waals surface area contributed by atoms with Crippen molar-refractivity contribution in [1.29, 1.82) is 0 Å². The van der Waals surface area contributed by atoms with Gasteiger partial charge in [-0.05, 0) is 29.8 Å². The maximum absolute atomic E-state index is 11.9. The number of carbonyl (C=O) groups excluding carboxylic acids is 1. The Kier molecular flexibility index (Phi) is 3.56. The maximum atomic E-state index is 11.9. The number of hydrogen-bond donors (Lipinski definition) is 1. The summed E-state index contributed by atoms with van der Waals surface area (Å²) in [4.78, 5) is 22.8. The van der Waals surface area contributed by atoms with Crippen LogP contribution in [0.4, 0.5) is 5.82 Å². The van der Waals surface area contributed by atoms with Crippen LogP contribution < -0.4 is 10.2 Å². The van der Waals surface area contributed by atoms with Gasteiger partial charge in [0.05, 0.1) is 0 Å². The van der Waals surface area contributed by atoms with E-state index in [-0.39, 0.29) is 5.91 Å². The number of nitrogens with zero attached hydrogens (tertiary/aromatic N) is 3. The summed E-state index contributed by atoms with van der Waals surface area (Å²) in [6.45, 7) is 7.22. The van der Waals surface area contributed by atoms with E-state index in [1.54, 1.807) is 0 Å². The van der Waals surface area contributed by atoms with Crippen LogP contribution in [-0.2, 0) is 11.2 Å². The van der Waals surface area contributed by atoms with Crippen molar-refractivity contribution >= 4 is 27.7 Å². The molecule has 0 aromatic carbocycles. The minimum absolute atomic E-state index is 0.0292. The number of carbonyl (C=O) groups is 1. The first-order valence-electron chi connectivity index (χ1n) is 6.04. The Labute approximate surface area is 115 Å². The van der Waals surface area contributed by atoms with E-state index in [1.165, 1.54) is 0 Å². The van der Waals surface area contributed by atoms with Crippen LogP contribution in [0.3, 0.4) is 0 Å². The third kappa shape index (κ3) is 2.34. The van der Waals surface area contributed by atoms with Gasteiger partial charge in [0.25, 0.3) is 0 Å². The van der Waals surface area contributed by atoms with Crippen LogP contribution in [0.5, 0.6) is 0 Å². The molecular weight excluding hydrogens is 296 g/mol. The molecule has 98 valence electrons. The Balaban J connectivity index is 2.41. The van der Waals surface area contributed by atoms with Crippen LogP contribution in [0.1, 0.15) is 26.6 Å². The van der Waals surface area contributed by atoms with Gasteiger partial charge in [0, 0.05) is 25.6 Å². The third-order valence-electron chi connectivity index (χ3n) is 3.17. The minimum Gasteiger partial charge on any atom is -0.352 e. The second-order valence-electron chi connectivity index (χ2n) is 4.79. The third-order valence-corrected chi connectivity index (χ3v) is 3.58. The van der Waals surface area contributed by atoms with Crippen molar-refractivity contribution in [3.05, 3.63) is 16.5 Å². The van der Waals surface area contributed by atoms with Gasteiger partial charge >= 0.3 is 0 Å². The van der Waals surface area contributed by atoms with E-state index in [0.29, 0.717) is 6.54 Å². The number of aromatic nitrogens is 2. The van der Waals surface area contributed by atoms with Crippen LogP contribution >= 0.6 is 15.9 Å². The van der Waals surface area contributed by atoms with E-state index in [9.17, 15) is 4.79 Å². The number of aryl methyl sites for hydroxylation is 1. The van der Waals surface area contributed by atoms with Crippen molar-refractivity contribution in [2.24, 2.45) is 0 Å². The Bertz CT molecular complexity index is 475. The van der Waals surface area contributed by atoms with Crippen molar-refractivity contribution in [3.8, 4) is 0 Å². The van der Waals surface area contributed by atoms with Gasteiger partial charge in [-0.25, -0.2) is 9.97 Å². The maximum Gasteiger partial charge on any atom is 0.245 e. The van der Waals surface area contributed by atoms with E-state index in [0.717, 1.165) is 29.2 Å². The molecule has 1 aromatic heterocycles. The summed E-state index contributed by atoms with van der Waals surface area (Å²) in [5.41, 5.74) is -0.586. The molecule has 2 rings (SSSR count). The fourth-order valence-corrected chi connectivity index (χ4v) is 2.46. The minimum atomic E-state index is -0.586. The highest BCUT2D eigenvalue weighted by Gasteiger charge is 2.38. The summed E-state index contributed by atoms with van der Waals surface area (Å²) >= 11 is 3.39. The molecular formula is C12H17BrN4O. The van der Waals surface area contributed by atoms with Gasteiger partial charge < -0.3 is 10.2 Å². The molecule has 1 amide bonds. The fraction of sp³-hybridized carbons (Fsp3) is 0.583. The monoisotopic (exact) mass is 312 g/mol. The number of amides is 1. The molecule has 0 bridgehead atoms. The molecule has 1 aliphatic rings. The molecule has 0 saturated carbocycles. The van der Waals surface area contributed by atoms with Gasteiger partial charge in [0.15, 0.2) is 0 Å². The van der Waals surface area contributed by atoms with Gasteiger partial charge in [-0.3, -0.25) is 4.79 Å². The molecule has 2 heterocycles. The van der Waals surface area contributed by atoms with E-state index in [4.69, 9.17) is 0 Å². The Morgan fingerprint density at radius 1 is 1.50 bits per heavy atom. The van der Waals surface area contributed by atoms with Crippen molar-refractivity contribution < 1.29 is 4.79 Å². The van der Waals surface area contributed by atoms with Crippen molar-refractivity contribution in [1.82, 2.24) is 15.3 Å². The zero-order valence-corrected chi connectivity index (χ0v) is 12.4. The molecule has 1 aromatic rings. The molecule has 0 unspecified atom stereocenters. The highest BCUT2D eigenvalue weighted by molar-refractivity contribution is 9.10. The number of anilines is 1. The van der Waals surface area contributed by atoms with Gasteiger partial charge in [0.2, 0.25) is 5.91 Å². The molecule has 0 atom stereocenters. The molecule has 6 heteroatoms. The molecule has 0 aliphatic carbocycles. The summed E-state index contributed by atoms with van der Waals surface area (Å²) in [5, 5.41) is 2.88. The van der Waals surface area contributed by atoms with Crippen LogP contribution in [0.25, 0.3) is 0 Å². The normalized spacial score (nSPS) is 18.7. The van der Waals surface area contributed by atoms with Crippen molar-refractivity contribution in [2.45, 2.75) is 32.7 Å². The standard InChI is InChI=1S/C12H17BrN4O/c1-4-9-15-8(13)7-10(16-9)17-6-5-14-11(18)12(17,2)3/h7H,4-6H2,1-3H3,(H,14,18). The highest BCUT2D eigenvalue weighted by atomic mass is 79.9. The topological polar surface area (TPSA) is 58.1 Å². The Morgan fingerprint density at radius 2 is 2.22 bits per heavy atom. The molecule has 1 fully saturated rings. The molecule has 1 N–H and O–H groups in total. The summed E-state index contributed by atoms with van der Waals surface area (Å²) in [6, 6.07) is 1.86. The summed E-state index contributed by atoms with van der Waals surface area (Å²) in [6.07, 6.45) is 0.771. The predicted molar refractivity (Wildman–Crippen MR) is 73.5 cm³/mol. The lowest BCUT2D eigenvalue weighted by Gasteiger charge is -2.42. The smallest absolute Gasteiger partial charge is 0.245 e. The Hall–Kier alpha value is -1.17. The molecule has 5 nitrogen and oxygen atoms in total. The fourth-order valence-electron chi connectivity index (χ4n) is 2.05. The van der Waals surface area contributed by atoms with E-state index >= 15 is 0 Å². The highest BCUT2D eigenvalue weighted by Crippen LogP contribution is 2.26. The second kappa shape index (κ2) is 4.84. The van der Waals surface area contributed by atoms with Crippen LogP contribution in [0.15, 0.2) is 10.7 Å². The van der Waals surface area contributed by atoms with E-state index < -0.39 is 5.54 Å². The average Bonchev–Trinajstić information content (AvgIpc) is 2.31. The summed E-state index contributed by atoms with van der Waals surface area (Å²) < 4.78 is 0.756. The number of halogens is 1. The lowest BCUT2D eigenvalue weighted by molar-refractivity contribution is -0.126. The SMILES string of the molecule is CCc1nc(Br)cc(N2CCNC(=O)C2(C)C)n1. The average molecular weight is 313 g/mol. The number of hydrogen-bond acceptors (Lipinski definition) is 4. The lowest BCUT2D eigenvalue weighted by atomic mass is 9.99. The van der Waals surface area contributed by atoms with Gasteiger partial charge in [0.1, 0.15) is 21.8 Å². The molecule has 1 aliphatic heterocycles. The van der Waals surface area contributed by atoms with Gasteiger partial charge in [-0.1, -0.05) is 6.92 Å². The number of nitrogens with one attached hydrogen (secondary N) is 1. The van der Waals surface area contributed by atoms with E-state index in [2.05, 4.69) is 31.2 Å². The van der Waals surface area contributed by atoms with Crippen molar-refractivity contribution in [2.75, 3.05) is 18.0 Å². The van der Waals surface area contributed by atoms with E-state index in [1.807, 2.05) is 31.7 Å². The zero-order chi connectivity index (χ0) is 13.3. The summed E-state index contributed by atoms with van der Waals surface area (Å²) in [7, 11) is 0.